The van der Waals surface area contributed by atoms with E-state index in [9.17, 15) is 0 Å². The summed E-state index contributed by atoms with van der Waals surface area (Å²) in [6.07, 6.45) is 6.52. The minimum Gasteiger partial charge on any atom is -0.313 e. The van der Waals surface area contributed by atoms with Gasteiger partial charge in [-0.15, -0.1) is 0 Å². The molecule has 0 heterocycles. The van der Waals surface area contributed by atoms with Gasteiger partial charge in [0.25, 0.3) is 0 Å². The quantitative estimate of drug-likeness (QED) is 0.622. The van der Waals surface area contributed by atoms with Crippen molar-refractivity contribution in [3.63, 3.8) is 0 Å². The van der Waals surface area contributed by atoms with Gasteiger partial charge in [0.15, 0.2) is 0 Å². The molecule has 2 aromatic rings. The van der Waals surface area contributed by atoms with Crippen molar-refractivity contribution in [3.05, 3.63) is 60.2 Å². The number of hydrogen-bond acceptors (Lipinski definition) is 1. The van der Waals surface area contributed by atoms with Gasteiger partial charge in [0.1, 0.15) is 0 Å². The van der Waals surface area contributed by atoms with Crippen LogP contribution in [0.15, 0.2) is 54.6 Å². The highest BCUT2D eigenvalue weighted by Crippen LogP contribution is 2.24. The van der Waals surface area contributed by atoms with Crippen molar-refractivity contribution in [3.8, 4) is 11.1 Å². The SMILES string of the molecule is CCCCCCC(NC)c1ccc(-c2ccccc2)cc1. The second-order valence-corrected chi connectivity index (χ2v) is 5.68. The summed E-state index contributed by atoms with van der Waals surface area (Å²) in [5.41, 5.74) is 3.97. The molecule has 0 bridgehead atoms. The van der Waals surface area contributed by atoms with Gasteiger partial charge in [0, 0.05) is 6.04 Å². The molecule has 2 aromatic carbocycles. The molecule has 0 spiro atoms. The van der Waals surface area contributed by atoms with E-state index in [2.05, 4.69) is 73.9 Å². The maximum absolute atomic E-state index is 3.45. The van der Waals surface area contributed by atoms with Gasteiger partial charge in [0.2, 0.25) is 0 Å². The Labute approximate surface area is 129 Å². The third kappa shape index (κ3) is 4.71. The summed E-state index contributed by atoms with van der Waals surface area (Å²) >= 11 is 0. The van der Waals surface area contributed by atoms with Crippen LogP contribution in [0.5, 0.6) is 0 Å². The molecular formula is C20H27N. The first-order chi connectivity index (χ1) is 10.3. The van der Waals surface area contributed by atoms with Gasteiger partial charge in [-0.2, -0.15) is 0 Å². The van der Waals surface area contributed by atoms with Crippen molar-refractivity contribution in [1.82, 2.24) is 5.32 Å². The van der Waals surface area contributed by atoms with Crippen molar-refractivity contribution < 1.29 is 0 Å². The fourth-order valence-electron chi connectivity index (χ4n) is 2.79. The molecule has 2 rings (SSSR count). The van der Waals surface area contributed by atoms with Crippen LogP contribution in [-0.4, -0.2) is 7.05 Å². The van der Waals surface area contributed by atoms with Crippen LogP contribution in [0, 0.1) is 0 Å². The molecule has 1 heteroatoms. The predicted octanol–water partition coefficient (Wildman–Crippen LogP) is 5.58. The number of hydrogen-bond donors (Lipinski definition) is 1. The second-order valence-electron chi connectivity index (χ2n) is 5.68. The average Bonchev–Trinajstić information content (AvgIpc) is 2.56. The predicted molar refractivity (Wildman–Crippen MR) is 92.4 cm³/mol. The molecule has 112 valence electrons. The summed E-state index contributed by atoms with van der Waals surface area (Å²) in [4.78, 5) is 0. The lowest BCUT2D eigenvalue weighted by molar-refractivity contribution is 0.505. The van der Waals surface area contributed by atoms with Crippen LogP contribution in [0.4, 0.5) is 0 Å². The Morgan fingerprint density at radius 2 is 1.48 bits per heavy atom. The van der Waals surface area contributed by atoms with Crippen LogP contribution in [-0.2, 0) is 0 Å². The van der Waals surface area contributed by atoms with E-state index in [1.807, 2.05) is 0 Å². The highest BCUT2D eigenvalue weighted by molar-refractivity contribution is 5.63. The van der Waals surface area contributed by atoms with E-state index in [1.165, 1.54) is 48.8 Å². The van der Waals surface area contributed by atoms with Crippen LogP contribution < -0.4 is 5.32 Å². The highest BCUT2D eigenvalue weighted by atomic mass is 14.9. The lowest BCUT2D eigenvalue weighted by atomic mass is 9.97. The maximum atomic E-state index is 3.45. The van der Waals surface area contributed by atoms with Gasteiger partial charge >= 0.3 is 0 Å². The van der Waals surface area contributed by atoms with Crippen LogP contribution in [0.3, 0.4) is 0 Å². The molecule has 21 heavy (non-hydrogen) atoms. The molecule has 1 nitrogen and oxygen atoms in total. The van der Waals surface area contributed by atoms with E-state index in [-0.39, 0.29) is 0 Å². The van der Waals surface area contributed by atoms with E-state index >= 15 is 0 Å². The van der Waals surface area contributed by atoms with Crippen molar-refractivity contribution in [2.75, 3.05) is 7.05 Å². The normalized spacial score (nSPS) is 12.3. The summed E-state index contributed by atoms with van der Waals surface area (Å²) in [6.45, 7) is 2.26. The van der Waals surface area contributed by atoms with Gasteiger partial charge in [-0.25, -0.2) is 0 Å². The Kier molecular flexibility index (Phi) is 6.49. The molecule has 0 aromatic heterocycles. The van der Waals surface area contributed by atoms with Gasteiger partial charge < -0.3 is 5.32 Å². The number of unbranched alkanes of at least 4 members (excludes halogenated alkanes) is 3. The first-order valence-electron chi connectivity index (χ1n) is 8.17. The van der Waals surface area contributed by atoms with Gasteiger partial charge in [0.05, 0.1) is 0 Å². The summed E-state index contributed by atoms with van der Waals surface area (Å²) in [5, 5.41) is 3.45. The van der Waals surface area contributed by atoms with Crippen molar-refractivity contribution in [2.24, 2.45) is 0 Å². The van der Waals surface area contributed by atoms with Crippen LogP contribution in [0.1, 0.15) is 50.6 Å². The number of benzene rings is 2. The number of nitrogens with one attached hydrogen (secondary N) is 1. The monoisotopic (exact) mass is 281 g/mol. The van der Waals surface area contributed by atoms with E-state index in [4.69, 9.17) is 0 Å². The Bertz CT molecular complexity index is 501. The van der Waals surface area contributed by atoms with Crippen LogP contribution in [0.25, 0.3) is 11.1 Å². The van der Waals surface area contributed by atoms with Gasteiger partial charge in [-0.05, 0) is 30.2 Å². The maximum Gasteiger partial charge on any atom is 0.0317 e. The van der Waals surface area contributed by atoms with Gasteiger partial charge in [-0.1, -0.05) is 87.2 Å². The molecule has 0 radical (unpaired) electrons. The first-order valence-corrected chi connectivity index (χ1v) is 8.17. The van der Waals surface area contributed by atoms with E-state index < -0.39 is 0 Å². The molecule has 1 atom stereocenters. The Morgan fingerprint density at radius 3 is 2.10 bits per heavy atom. The van der Waals surface area contributed by atoms with Crippen molar-refractivity contribution in [1.29, 1.82) is 0 Å². The Balaban J connectivity index is 1.99. The second kappa shape index (κ2) is 8.63. The molecule has 0 fully saturated rings. The molecule has 0 aliphatic rings. The minimum atomic E-state index is 0.478. The zero-order chi connectivity index (χ0) is 14.9. The summed E-state index contributed by atoms with van der Waals surface area (Å²) in [5.74, 6) is 0. The standard InChI is InChI=1S/C20H27N/c1-3-4-5-9-12-20(21-2)19-15-13-18(14-16-19)17-10-7-6-8-11-17/h6-8,10-11,13-16,20-21H,3-5,9,12H2,1-2H3. The first kappa shape index (κ1) is 15.8. The largest absolute Gasteiger partial charge is 0.313 e. The fourth-order valence-corrected chi connectivity index (χ4v) is 2.79. The molecule has 0 amide bonds. The third-order valence-electron chi connectivity index (χ3n) is 4.11. The van der Waals surface area contributed by atoms with Crippen molar-refractivity contribution in [2.45, 2.75) is 45.1 Å². The smallest absolute Gasteiger partial charge is 0.0317 e. The lowest BCUT2D eigenvalue weighted by Gasteiger charge is -2.17. The summed E-state index contributed by atoms with van der Waals surface area (Å²) in [6, 6.07) is 20.1. The van der Waals surface area contributed by atoms with Crippen LogP contribution >= 0.6 is 0 Å². The topological polar surface area (TPSA) is 12.0 Å². The fraction of sp³-hybridized carbons (Fsp3) is 0.400. The van der Waals surface area contributed by atoms with E-state index in [0.717, 1.165) is 0 Å². The molecular weight excluding hydrogens is 254 g/mol. The lowest BCUT2D eigenvalue weighted by Crippen LogP contribution is -2.16. The zero-order valence-corrected chi connectivity index (χ0v) is 13.3. The van der Waals surface area contributed by atoms with E-state index in [1.54, 1.807) is 0 Å². The highest BCUT2D eigenvalue weighted by Gasteiger charge is 2.08. The molecule has 0 aliphatic carbocycles. The Morgan fingerprint density at radius 1 is 0.810 bits per heavy atom. The summed E-state index contributed by atoms with van der Waals surface area (Å²) < 4.78 is 0. The van der Waals surface area contributed by atoms with Crippen LogP contribution in [0.2, 0.25) is 0 Å². The zero-order valence-electron chi connectivity index (χ0n) is 13.3. The van der Waals surface area contributed by atoms with Gasteiger partial charge in [-0.3, -0.25) is 0 Å². The molecule has 1 unspecified atom stereocenters. The van der Waals surface area contributed by atoms with E-state index in [0.29, 0.717) is 6.04 Å². The van der Waals surface area contributed by atoms with Crippen molar-refractivity contribution >= 4 is 0 Å². The minimum absolute atomic E-state index is 0.478. The molecule has 0 saturated carbocycles. The molecule has 0 saturated heterocycles. The Hall–Kier alpha value is -1.60. The number of rotatable bonds is 8. The molecule has 1 N–H and O–H groups in total. The average molecular weight is 281 g/mol. The molecule has 0 aliphatic heterocycles. The third-order valence-corrected chi connectivity index (χ3v) is 4.11. The summed E-state index contributed by atoms with van der Waals surface area (Å²) in [7, 11) is 2.07.